The van der Waals surface area contributed by atoms with Crippen LogP contribution in [0.25, 0.3) is 0 Å². The first-order valence-electron chi connectivity index (χ1n) is 8.57. The Morgan fingerprint density at radius 3 is 2.64 bits per heavy atom. The molecule has 28 heavy (non-hydrogen) atoms. The minimum Gasteiger partial charge on any atom is -0.375 e. The molecule has 6 nitrogen and oxygen atoms in total. The molecule has 0 aliphatic rings. The van der Waals surface area contributed by atoms with Crippen molar-refractivity contribution < 1.29 is 4.79 Å². The zero-order valence-corrected chi connectivity index (χ0v) is 16.4. The third-order valence-electron chi connectivity index (χ3n) is 3.99. The van der Waals surface area contributed by atoms with Gasteiger partial charge in [0.2, 0.25) is 5.91 Å². The second kappa shape index (κ2) is 9.39. The highest BCUT2D eigenvalue weighted by Crippen LogP contribution is 2.22. The van der Waals surface area contributed by atoms with Gasteiger partial charge in [0.25, 0.3) is 5.56 Å². The molecule has 2 heterocycles. The summed E-state index contributed by atoms with van der Waals surface area (Å²) < 4.78 is 1.35. The third kappa shape index (κ3) is 5.34. The number of carbonyl (C=O) groups is 1. The highest BCUT2D eigenvalue weighted by Gasteiger charge is 2.08. The minimum absolute atomic E-state index is 0.0841. The van der Waals surface area contributed by atoms with Crippen molar-refractivity contribution in [2.24, 2.45) is 0 Å². The monoisotopic (exact) mass is 416 g/mol. The van der Waals surface area contributed by atoms with Crippen molar-refractivity contribution >= 4 is 34.8 Å². The van der Waals surface area contributed by atoms with E-state index in [1.165, 1.54) is 4.57 Å². The predicted molar refractivity (Wildman–Crippen MR) is 111 cm³/mol. The zero-order valence-electron chi connectivity index (χ0n) is 14.9. The van der Waals surface area contributed by atoms with Crippen molar-refractivity contribution in [1.29, 1.82) is 0 Å². The summed E-state index contributed by atoms with van der Waals surface area (Å²) in [4.78, 5) is 29.0. The van der Waals surface area contributed by atoms with E-state index in [4.69, 9.17) is 23.2 Å². The van der Waals surface area contributed by atoms with Crippen molar-refractivity contribution in [3.63, 3.8) is 0 Å². The van der Waals surface area contributed by atoms with Crippen LogP contribution in [0.5, 0.6) is 0 Å². The number of halogens is 2. The van der Waals surface area contributed by atoms with Gasteiger partial charge in [-0.3, -0.25) is 14.6 Å². The summed E-state index contributed by atoms with van der Waals surface area (Å²) in [5, 5.41) is 6.71. The number of carbonyl (C=O) groups excluding carboxylic acids is 1. The number of nitrogens with one attached hydrogen (secondary N) is 2. The van der Waals surface area contributed by atoms with Crippen molar-refractivity contribution in [2.75, 3.05) is 5.32 Å². The van der Waals surface area contributed by atoms with Gasteiger partial charge in [-0.05, 0) is 42.0 Å². The molecule has 144 valence electrons. The van der Waals surface area contributed by atoms with E-state index in [-0.39, 0.29) is 18.0 Å². The van der Waals surface area contributed by atoms with Gasteiger partial charge in [-0.1, -0.05) is 35.3 Å². The summed E-state index contributed by atoms with van der Waals surface area (Å²) in [7, 11) is 0. The van der Waals surface area contributed by atoms with Gasteiger partial charge < -0.3 is 15.2 Å². The Balaban J connectivity index is 1.59. The van der Waals surface area contributed by atoms with Gasteiger partial charge in [0, 0.05) is 18.9 Å². The highest BCUT2D eigenvalue weighted by molar-refractivity contribution is 6.42. The van der Waals surface area contributed by atoms with Crippen molar-refractivity contribution in [1.82, 2.24) is 14.9 Å². The molecule has 1 aromatic carbocycles. The van der Waals surface area contributed by atoms with Crippen LogP contribution in [-0.2, 0) is 24.4 Å². The maximum absolute atomic E-state index is 12.5. The lowest BCUT2D eigenvalue weighted by atomic mass is 10.2. The van der Waals surface area contributed by atoms with E-state index in [2.05, 4.69) is 15.6 Å². The molecule has 0 fully saturated rings. The second-order valence-electron chi connectivity index (χ2n) is 6.05. The van der Waals surface area contributed by atoms with Crippen LogP contribution in [0, 0.1) is 0 Å². The smallest absolute Gasteiger partial charge is 0.274 e. The lowest BCUT2D eigenvalue weighted by Crippen LogP contribution is -2.32. The summed E-state index contributed by atoms with van der Waals surface area (Å²) in [6.45, 7) is 0.630. The Kier molecular flexibility index (Phi) is 6.68. The van der Waals surface area contributed by atoms with Gasteiger partial charge in [-0.2, -0.15) is 0 Å². The molecule has 3 rings (SSSR count). The van der Waals surface area contributed by atoms with E-state index in [0.717, 1.165) is 11.3 Å². The lowest BCUT2D eigenvalue weighted by Gasteiger charge is -2.10. The molecule has 0 aliphatic heterocycles. The van der Waals surface area contributed by atoms with Crippen LogP contribution >= 0.6 is 23.2 Å². The van der Waals surface area contributed by atoms with Crippen LogP contribution in [0.3, 0.4) is 0 Å². The molecule has 2 aromatic heterocycles. The first-order chi connectivity index (χ1) is 13.5. The SMILES string of the molecule is O=C(Cn1cccc(NCc2ccccn2)c1=O)NCc1ccc(Cl)c(Cl)c1. The van der Waals surface area contributed by atoms with Crippen molar-refractivity contribution in [2.45, 2.75) is 19.6 Å². The number of aromatic nitrogens is 2. The maximum Gasteiger partial charge on any atom is 0.274 e. The summed E-state index contributed by atoms with van der Waals surface area (Å²) in [5.74, 6) is -0.282. The Hall–Kier alpha value is -2.83. The largest absolute Gasteiger partial charge is 0.375 e. The maximum atomic E-state index is 12.5. The fraction of sp³-hybridized carbons (Fsp3) is 0.150. The van der Waals surface area contributed by atoms with E-state index in [0.29, 0.717) is 28.8 Å². The Morgan fingerprint density at radius 2 is 1.89 bits per heavy atom. The molecule has 1 amide bonds. The molecule has 0 radical (unpaired) electrons. The summed E-state index contributed by atoms with van der Waals surface area (Å²) in [6.07, 6.45) is 3.27. The van der Waals surface area contributed by atoms with E-state index >= 15 is 0 Å². The number of nitrogens with zero attached hydrogens (tertiary/aromatic N) is 2. The Bertz CT molecular complexity index is 1020. The molecule has 0 aliphatic carbocycles. The minimum atomic E-state index is -0.282. The first kappa shape index (κ1) is 19.9. The van der Waals surface area contributed by atoms with Crippen LogP contribution in [0.1, 0.15) is 11.3 Å². The van der Waals surface area contributed by atoms with E-state index < -0.39 is 0 Å². The molecule has 8 heteroatoms. The third-order valence-corrected chi connectivity index (χ3v) is 4.73. The molecule has 2 N–H and O–H groups in total. The van der Waals surface area contributed by atoms with Gasteiger partial charge in [0.15, 0.2) is 0 Å². The summed E-state index contributed by atoms with van der Waals surface area (Å²) in [6, 6.07) is 14.1. The van der Waals surface area contributed by atoms with Crippen LogP contribution in [0.4, 0.5) is 5.69 Å². The number of benzene rings is 1. The van der Waals surface area contributed by atoms with Gasteiger partial charge in [0.05, 0.1) is 22.3 Å². The number of amides is 1. The van der Waals surface area contributed by atoms with Gasteiger partial charge in [0.1, 0.15) is 12.2 Å². The highest BCUT2D eigenvalue weighted by atomic mass is 35.5. The van der Waals surface area contributed by atoms with Crippen molar-refractivity contribution in [3.8, 4) is 0 Å². The quantitative estimate of drug-likeness (QED) is 0.617. The van der Waals surface area contributed by atoms with Gasteiger partial charge in [-0.15, -0.1) is 0 Å². The standard InChI is InChI=1S/C20H18Cl2N4O2/c21-16-7-6-14(10-17(16)22)11-25-19(27)13-26-9-3-5-18(20(26)28)24-12-15-4-1-2-8-23-15/h1-10,24H,11-13H2,(H,25,27). The number of hydrogen-bond donors (Lipinski definition) is 2. The van der Waals surface area contributed by atoms with Gasteiger partial charge in [-0.25, -0.2) is 0 Å². The average molecular weight is 417 g/mol. The Labute approximate surface area is 172 Å². The van der Waals surface area contributed by atoms with Crippen LogP contribution in [-0.4, -0.2) is 15.5 Å². The molecule has 0 spiro atoms. The van der Waals surface area contributed by atoms with Crippen LogP contribution in [0.2, 0.25) is 10.0 Å². The predicted octanol–water partition coefficient (Wildman–Crippen LogP) is 3.48. The lowest BCUT2D eigenvalue weighted by molar-refractivity contribution is -0.121. The van der Waals surface area contributed by atoms with E-state index in [1.54, 1.807) is 42.7 Å². The normalized spacial score (nSPS) is 10.5. The van der Waals surface area contributed by atoms with Crippen molar-refractivity contribution in [3.05, 3.63) is 92.6 Å². The van der Waals surface area contributed by atoms with E-state index in [9.17, 15) is 9.59 Å². The molecule has 0 unspecified atom stereocenters. The summed E-state index contributed by atoms with van der Waals surface area (Å²) >= 11 is 11.9. The number of anilines is 1. The fourth-order valence-corrected chi connectivity index (χ4v) is 2.87. The molecule has 0 saturated carbocycles. The molecule has 0 saturated heterocycles. The summed E-state index contributed by atoms with van der Waals surface area (Å²) in [5.41, 5.74) is 1.77. The number of rotatable bonds is 7. The van der Waals surface area contributed by atoms with Crippen LogP contribution < -0.4 is 16.2 Å². The topological polar surface area (TPSA) is 76.0 Å². The zero-order chi connectivity index (χ0) is 19.9. The average Bonchev–Trinajstić information content (AvgIpc) is 2.70. The first-order valence-corrected chi connectivity index (χ1v) is 9.32. The fourth-order valence-electron chi connectivity index (χ4n) is 2.55. The van der Waals surface area contributed by atoms with E-state index in [1.807, 2.05) is 18.2 Å². The van der Waals surface area contributed by atoms with Crippen LogP contribution in [0.15, 0.2) is 65.7 Å². The second-order valence-corrected chi connectivity index (χ2v) is 6.87. The molecule has 0 bridgehead atoms. The number of hydrogen-bond acceptors (Lipinski definition) is 4. The van der Waals surface area contributed by atoms with Gasteiger partial charge >= 0.3 is 0 Å². The molecule has 3 aromatic rings. The Morgan fingerprint density at radius 1 is 1.04 bits per heavy atom. The molecular formula is C20H18Cl2N4O2. The molecule has 0 atom stereocenters. The number of pyridine rings is 2. The molecular weight excluding hydrogens is 399 g/mol.